The summed E-state index contributed by atoms with van der Waals surface area (Å²) in [4.78, 5) is 12.3. The predicted molar refractivity (Wildman–Crippen MR) is 67.7 cm³/mol. The van der Waals surface area contributed by atoms with Crippen LogP contribution in [0.2, 0.25) is 0 Å². The van der Waals surface area contributed by atoms with E-state index in [0.717, 1.165) is 18.5 Å². The molecule has 1 unspecified atom stereocenters. The van der Waals surface area contributed by atoms with Crippen molar-refractivity contribution < 1.29 is 4.79 Å². The molecule has 3 nitrogen and oxygen atoms in total. The molecule has 17 heavy (non-hydrogen) atoms. The summed E-state index contributed by atoms with van der Waals surface area (Å²) in [5.74, 6) is 0.635. The molecule has 0 aromatic carbocycles. The zero-order chi connectivity index (χ0) is 12.5. The Morgan fingerprint density at radius 1 is 1.59 bits per heavy atom. The molecule has 94 valence electrons. The van der Waals surface area contributed by atoms with Crippen molar-refractivity contribution in [1.82, 2.24) is 9.78 Å². The summed E-state index contributed by atoms with van der Waals surface area (Å²) in [6.45, 7) is 7.36. The minimum absolute atomic E-state index is 0.192. The highest BCUT2D eigenvalue weighted by atomic mass is 16.1. The van der Waals surface area contributed by atoms with E-state index in [4.69, 9.17) is 0 Å². The van der Waals surface area contributed by atoms with Crippen LogP contribution in [0.25, 0.3) is 0 Å². The molecule has 1 aliphatic rings. The van der Waals surface area contributed by atoms with Crippen molar-refractivity contribution in [2.24, 2.45) is 11.3 Å². The highest BCUT2D eigenvalue weighted by Gasteiger charge is 2.38. The number of carbonyl (C=O) groups is 1. The minimum atomic E-state index is 0.192. The summed E-state index contributed by atoms with van der Waals surface area (Å²) in [7, 11) is 0. The van der Waals surface area contributed by atoms with Gasteiger partial charge >= 0.3 is 0 Å². The van der Waals surface area contributed by atoms with Crippen LogP contribution in [-0.2, 0) is 17.8 Å². The van der Waals surface area contributed by atoms with Crippen molar-refractivity contribution in [2.45, 2.75) is 53.0 Å². The van der Waals surface area contributed by atoms with Gasteiger partial charge in [-0.2, -0.15) is 5.10 Å². The Balaban J connectivity index is 2.01. The fourth-order valence-electron chi connectivity index (χ4n) is 2.92. The van der Waals surface area contributed by atoms with E-state index in [1.165, 1.54) is 12.8 Å². The Morgan fingerprint density at radius 2 is 2.35 bits per heavy atom. The lowest BCUT2D eigenvalue weighted by Crippen LogP contribution is -2.26. The highest BCUT2D eigenvalue weighted by molar-refractivity contribution is 5.84. The van der Waals surface area contributed by atoms with E-state index in [1.807, 2.05) is 17.1 Å². The van der Waals surface area contributed by atoms with Crippen LogP contribution in [-0.4, -0.2) is 15.6 Å². The summed E-state index contributed by atoms with van der Waals surface area (Å²) < 4.78 is 1.88. The van der Waals surface area contributed by atoms with Crippen LogP contribution >= 0.6 is 0 Å². The topological polar surface area (TPSA) is 34.9 Å². The molecule has 0 N–H and O–H groups in total. The average Bonchev–Trinajstić information content (AvgIpc) is 2.84. The lowest BCUT2D eigenvalue weighted by molar-refractivity contribution is -0.124. The van der Waals surface area contributed by atoms with E-state index >= 15 is 0 Å². The number of hydrogen-bond acceptors (Lipinski definition) is 2. The van der Waals surface area contributed by atoms with Gasteiger partial charge in [0.05, 0.1) is 6.20 Å². The zero-order valence-corrected chi connectivity index (χ0v) is 11.1. The Bertz CT molecular complexity index is 406. The first-order valence-corrected chi connectivity index (χ1v) is 6.57. The van der Waals surface area contributed by atoms with Crippen LogP contribution in [0.1, 0.15) is 45.6 Å². The second-order valence-electron chi connectivity index (χ2n) is 5.78. The maximum absolute atomic E-state index is 12.3. The monoisotopic (exact) mass is 234 g/mol. The second kappa shape index (κ2) is 4.63. The van der Waals surface area contributed by atoms with Crippen LogP contribution in [0.15, 0.2) is 12.4 Å². The molecule has 2 rings (SSSR count). The highest BCUT2D eigenvalue weighted by Crippen LogP contribution is 2.43. The van der Waals surface area contributed by atoms with Gasteiger partial charge in [0.1, 0.15) is 5.78 Å². The lowest BCUT2D eigenvalue weighted by atomic mass is 9.78. The smallest absolute Gasteiger partial charge is 0.140 e. The van der Waals surface area contributed by atoms with Crippen LogP contribution in [0.3, 0.4) is 0 Å². The first-order valence-electron chi connectivity index (χ1n) is 6.57. The van der Waals surface area contributed by atoms with Gasteiger partial charge < -0.3 is 0 Å². The summed E-state index contributed by atoms with van der Waals surface area (Å²) in [5.41, 5.74) is 1.25. The summed E-state index contributed by atoms with van der Waals surface area (Å²) in [6, 6.07) is 0. The van der Waals surface area contributed by atoms with E-state index in [-0.39, 0.29) is 11.3 Å². The predicted octanol–water partition coefficient (Wildman–Crippen LogP) is 2.84. The number of nitrogens with zero attached hydrogens (tertiary/aromatic N) is 2. The van der Waals surface area contributed by atoms with Gasteiger partial charge in [-0.05, 0) is 30.7 Å². The summed E-state index contributed by atoms with van der Waals surface area (Å²) in [5, 5.41) is 4.22. The molecule has 1 aromatic rings. The molecule has 0 saturated heterocycles. The SMILES string of the molecule is CCn1cc(CC(=O)C2CCCC2(C)C)cn1. The molecule has 1 aromatic heterocycles. The maximum atomic E-state index is 12.3. The van der Waals surface area contributed by atoms with E-state index in [9.17, 15) is 4.79 Å². The van der Waals surface area contributed by atoms with Gasteiger partial charge in [0.2, 0.25) is 0 Å². The van der Waals surface area contributed by atoms with Crippen molar-refractivity contribution in [2.75, 3.05) is 0 Å². The van der Waals surface area contributed by atoms with Crippen LogP contribution in [0.4, 0.5) is 0 Å². The first kappa shape index (κ1) is 12.3. The maximum Gasteiger partial charge on any atom is 0.140 e. The molecule has 0 spiro atoms. The van der Waals surface area contributed by atoms with Crippen molar-refractivity contribution in [3.8, 4) is 0 Å². The average molecular weight is 234 g/mol. The molecule has 3 heteroatoms. The Morgan fingerprint density at radius 3 is 2.88 bits per heavy atom. The van der Waals surface area contributed by atoms with E-state index in [1.54, 1.807) is 0 Å². The quantitative estimate of drug-likeness (QED) is 0.803. The molecule has 1 aliphatic carbocycles. The molecule has 0 radical (unpaired) electrons. The number of carbonyl (C=O) groups excluding carboxylic acids is 1. The number of aryl methyl sites for hydroxylation is 1. The summed E-state index contributed by atoms with van der Waals surface area (Å²) >= 11 is 0. The molecule has 0 bridgehead atoms. The Kier molecular flexibility index (Phi) is 3.36. The molecule has 1 fully saturated rings. The van der Waals surface area contributed by atoms with Gasteiger partial charge in [-0.15, -0.1) is 0 Å². The van der Waals surface area contributed by atoms with Crippen molar-refractivity contribution in [3.05, 3.63) is 18.0 Å². The fraction of sp³-hybridized carbons (Fsp3) is 0.714. The normalized spacial score (nSPS) is 22.9. The summed E-state index contributed by atoms with van der Waals surface area (Å²) in [6.07, 6.45) is 7.79. The van der Waals surface area contributed by atoms with E-state index in [2.05, 4.69) is 25.9 Å². The van der Waals surface area contributed by atoms with Crippen LogP contribution < -0.4 is 0 Å². The molecule has 1 heterocycles. The third-order valence-electron chi connectivity index (χ3n) is 4.03. The standard InChI is InChI=1S/C14H22N2O/c1-4-16-10-11(9-15-16)8-13(17)12-6-5-7-14(12,2)3/h9-10,12H,4-8H2,1-3H3. The lowest BCUT2D eigenvalue weighted by Gasteiger charge is -2.25. The van der Waals surface area contributed by atoms with Crippen LogP contribution in [0, 0.1) is 11.3 Å². The number of rotatable bonds is 4. The molecular weight excluding hydrogens is 212 g/mol. The third kappa shape index (κ3) is 2.59. The molecule has 1 saturated carbocycles. The van der Waals surface area contributed by atoms with E-state index < -0.39 is 0 Å². The van der Waals surface area contributed by atoms with Gasteiger partial charge in [-0.1, -0.05) is 20.3 Å². The molecule has 0 aliphatic heterocycles. The molecular formula is C14H22N2O. The van der Waals surface area contributed by atoms with Gasteiger partial charge in [0.25, 0.3) is 0 Å². The Labute approximate surface area is 103 Å². The number of aromatic nitrogens is 2. The number of Topliss-reactive ketones (excluding diaryl/α,β-unsaturated/α-hetero) is 1. The second-order valence-corrected chi connectivity index (χ2v) is 5.78. The third-order valence-corrected chi connectivity index (χ3v) is 4.03. The first-order chi connectivity index (χ1) is 8.03. The zero-order valence-electron chi connectivity index (χ0n) is 11.1. The fourth-order valence-corrected chi connectivity index (χ4v) is 2.92. The van der Waals surface area contributed by atoms with E-state index in [0.29, 0.717) is 12.2 Å². The van der Waals surface area contributed by atoms with Gasteiger partial charge in [0, 0.05) is 25.1 Å². The Hall–Kier alpha value is -1.12. The van der Waals surface area contributed by atoms with Crippen molar-refractivity contribution in [3.63, 3.8) is 0 Å². The molecule has 1 atom stereocenters. The van der Waals surface area contributed by atoms with Gasteiger partial charge in [-0.25, -0.2) is 0 Å². The number of ketones is 1. The molecule has 0 amide bonds. The number of hydrogen-bond donors (Lipinski definition) is 0. The van der Waals surface area contributed by atoms with Gasteiger partial charge in [0.15, 0.2) is 0 Å². The largest absolute Gasteiger partial charge is 0.299 e. The van der Waals surface area contributed by atoms with Crippen molar-refractivity contribution >= 4 is 5.78 Å². The van der Waals surface area contributed by atoms with Gasteiger partial charge in [-0.3, -0.25) is 9.48 Å². The minimum Gasteiger partial charge on any atom is -0.299 e. The van der Waals surface area contributed by atoms with Crippen LogP contribution in [0.5, 0.6) is 0 Å². The van der Waals surface area contributed by atoms with Crippen molar-refractivity contribution in [1.29, 1.82) is 0 Å².